The van der Waals surface area contributed by atoms with Gasteiger partial charge in [-0.15, -0.1) is 0 Å². The molecule has 100 valence electrons. The Kier molecular flexibility index (Phi) is 5.84. The van der Waals surface area contributed by atoms with Crippen molar-refractivity contribution < 1.29 is 0 Å². The first kappa shape index (κ1) is 13.4. The Morgan fingerprint density at radius 1 is 0.882 bits per heavy atom. The van der Waals surface area contributed by atoms with Crippen LogP contribution in [-0.2, 0) is 0 Å². The standard InChI is InChI=1S/C16H31N/c1-2-3-4-5-6-7-10-15-13-12-14-9-8-11-16(14)17-15/h14-17H,2-13H2,1H3. The summed E-state index contributed by atoms with van der Waals surface area (Å²) in [4.78, 5) is 0. The van der Waals surface area contributed by atoms with E-state index in [1.807, 2.05) is 0 Å². The molecule has 1 nitrogen and oxygen atoms in total. The van der Waals surface area contributed by atoms with Crippen LogP contribution in [0.5, 0.6) is 0 Å². The summed E-state index contributed by atoms with van der Waals surface area (Å²) >= 11 is 0. The fourth-order valence-corrected chi connectivity index (χ4v) is 3.80. The molecule has 1 saturated heterocycles. The summed E-state index contributed by atoms with van der Waals surface area (Å²) in [6.07, 6.45) is 17.5. The Morgan fingerprint density at radius 3 is 2.59 bits per heavy atom. The molecule has 17 heavy (non-hydrogen) atoms. The molecular weight excluding hydrogens is 206 g/mol. The number of hydrogen-bond acceptors (Lipinski definition) is 1. The molecule has 2 fully saturated rings. The largest absolute Gasteiger partial charge is 0.311 e. The van der Waals surface area contributed by atoms with Crippen LogP contribution >= 0.6 is 0 Å². The lowest BCUT2D eigenvalue weighted by Gasteiger charge is -2.33. The zero-order valence-corrected chi connectivity index (χ0v) is 11.7. The van der Waals surface area contributed by atoms with E-state index in [9.17, 15) is 0 Å². The number of nitrogens with one attached hydrogen (secondary N) is 1. The first-order valence-electron chi connectivity index (χ1n) is 8.16. The van der Waals surface area contributed by atoms with Gasteiger partial charge in [-0.05, 0) is 38.0 Å². The summed E-state index contributed by atoms with van der Waals surface area (Å²) in [5.74, 6) is 1.04. The molecule has 3 atom stereocenters. The van der Waals surface area contributed by atoms with Crippen LogP contribution in [0.25, 0.3) is 0 Å². The Labute approximate surface area is 108 Å². The zero-order valence-electron chi connectivity index (χ0n) is 11.7. The van der Waals surface area contributed by atoms with E-state index in [4.69, 9.17) is 0 Å². The van der Waals surface area contributed by atoms with Crippen molar-refractivity contribution in [3.63, 3.8) is 0 Å². The molecule has 0 amide bonds. The van der Waals surface area contributed by atoms with E-state index in [1.54, 1.807) is 0 Å². The molecule has 1 heterocycles. The molecular formula is C16H31N. The van der Waals surface area contributed by atoms with Gasteiger partial charge < -0.3 is 5.32 Å². The Bertz CT molecular complexity index is 202. The molecule has 1 aliphatic carbocycles. The number of unbranched alkanes of at least 4 members (excludes halogenated alkanes) is 5. The molecule has 0 radical (unpaired) electrons. The van der Waals surface area contributed by atoms with Gasteiger partial charge in [-0.1, -0.05) is 51.9 Å². The highest BCUT2D eigenvalue weighted by atomic mass is 15.0. The Morgan fingerprint density at radius 2 is 1.71 bits per heavy atom. The van der Waals surface area contributed by atoms with Gasteiger partial charge >= 0.3 is 0 Å². The van der Waals surface area contributed by atoms with Crippen molar-refractivity contribution in [1.29, 1.82) is 0 Å². The van der Waals surface area contributed by atoms with E-state index >= 15 is 0 Å². The number of rotatable bonds is 7. The maximum Gasteiger partial charge on any atom is 0.00979 e. The summed E-state index contributed by atoms with van der Waals surface area (Å²) in [6, 6.07) is 1.76. The normalized spacial score (nSPS) is 32.6. The molecule has 2 rings (SSSR count). The lowest BCUT2D eigenvalue weighted by atomic mass is 9.88. The highest BCUT2D eigenvalue weighted by Crippen LogP contribution is 2.34. The second-order valence-corrected chi connectivity index (χ2v) is 6.29. The topological polar surface area (TPSA) is 12.0 Å². The van der Waals surface area contributed by atoms with Crippen molar-refractivity contribution in [2.45, 2.75) is 96.1 Å². The molecule has 2 aliphatic rings. The van der Waals surface area contributed by atoms with E-state index in [2.05, 4.69) is 12.2 Å². The predicted octanol–water partition coefficient (Wildman–Crippen LogP) is 4.66. The minimum atomic E-state index is 0.862. The lowest BCUT2D eigenvalue weighted by molar-refractivity contribution is 0.246. The highest BCUT2D eigenvalue weighted by molar-refractivity contribution is 4.90. The van der Waals surface area contributed by atoms with E-state index in [0.717, 1.165) is 18.0 Å². The molecule has 3 unspecified atom stereocenters. The molecule has 1 N–H and O–H groups in total. The number of hydrogen-bond donors (Lipinski definition) is 1. The Hall–Kier alpha value is -0.0400. The average molecular weight is 237 g/mol. The summed E-state index contributed by atoms with van der Waals surface area (Å²) in [5, 5.41) is 3.92. The maximum atomic E-state index is 3.92. The minimum Gasteiger partial charge on any atom is -0.311 e. The van der Waals surface area contributed by atoms with Gasteiger partial charge in [0.25, 0.3) is 0 Å². The Balaban J connectivity index is 1.51. The molecule has 0 spiro atoms. The third-order valence-electron chi connectivity index (χ3n) is 4.90. The van der Waals surface area contributed by atoms with Crippen LogP contribution in [-0.4, -0.2) is 12.1 Å². The number of fused-ring (bicyclic) bond motifs is 1. The van der Waals surface area contributed by atoms with E-state index < -0.39 is 0 Å². The summed E-state index contributed by atoms with van der Waals surface area (Å²) in [6.45, 7) is 2.30. The van der Waals surface area contributed by atoms with Crippen molar-refractivity contribution >= 4 is 0 Å². The molecule has 0 bridgehead atoms. The van der Waals surface area contributed by atoms with Crippen molar-refractivity contribution in [2.75, 3.05) is 0 Å². The van der Waals surface area contributed by atoms with E-state index in [-0.39, 0.29) is 0 Å². The molecule has 1 aliphatic heterocycles. The van der Waals surface area contributed by atoms with Crippen molar-refractivity contribution in [2.24, 2.45) is 5.92 Å². The van der Waals surface area contributed by atoms with Crippen molar-refractivity contribution in [1.82, 2.24) is 5.32 Å². The molecule has 0 aromatic heterocycles. The SMILES string of the molecule is CCCCCCCCC1CCC2CCCC2N1. The summed E-state index contributed by atoms with van der Waals surface area (Å²) in [7, 11) is 0. The van der Waals surface area contributed by atoms with Crippen LogP contribution in [0.1, 0.15) is 84.0 Å². The molecule has 1 saturated carbocycles. The second-order valence-electron chi connectivity index (χ2n) is 6.29. The van der Waals surface area contributed by atoms with Crippen LogP contribution in [0, 0.1) is 5.92 Å². The third-order valence-corrected chi connectivity index (χ3v) is 4.90. The van der Waals surface area contributed by atoms with Crippen molar-refractivity contribution in [3.05, 3.63) is 0 Å². The average Bonchev–Trinajstić information content (AvgIpc) is 2.81. The van der Waals surface area contributed by atoms with Gasteiger partial charge in [0.2, 0.25) is 0 Å². The van der Waals surface area contributed by atoms with Crippen LogP contribution in [0.4, 0.5) is 0 Å². The predicted molar refractivity (Wildman–Crippen MR) is 75.3 cm³/mol. The zero-order chi connectivity index (χ0) is 11.9. The molecule has 1 heteroatoms. The van der Waals surface area contributed by atoms with Gasteiger partial charge in [-0.25, -0.2) is 0 Å². The first-order valence-corrected chi connectivity index (χ1v) is 8.16. The van der Waals surface area contributed by atoms with Gasteiger partial charge in [-0.2, -0.15) is 0 Å². The van der Waals surface area contributed by atoms with Gasteiger partial charge in [0, 0.05) is 12.1 Å². The fourth-order valence-electron chi connectivity index (χ4n) is 3.80. The maximum absolute atomic E-state index is 3.92. The van der Waals surface area contributed by atoms with Gasteiger partial charge in [-0.3, -0.25) is 0 Å². The van der Waals surface area contributed by atoms with E-state index in [1.165, 1.54) is 77.0 Å². The van der Waals surface area contributed by atoms with Gasteiger partial charge in [0.05, 0.1) is 0 Å². The van der Waals surface area contributed by atoms with Crippen LogP contribution in [0.2, 0.25) is 0 Å². The fraction of sp³-hybridized carbons (Fsp3) is 1.00. The van der Waals surface area contributed by atoms with Crippen LogP contribution in [0.15, 0.2) is 0 Å². The lowest BCUT2D eigenvalue weighted by Crippen LogP contribution is -2.45. The van der Waals surface area contributed by atoms with Crippen LogP contribution < -0.4 is 5.32 Å². The summed E-state index contributed by atoms with van der Waals surface area (Å²) < 4.78 is 0. The smallest absolute Gasteiger partial charge is 0.00979 e. The van der Waals surface area contributed by atoms with Gasteiger partial charge in [0.15, 0.2) is 0 Å². The van der Waals surface area contributed by atoms with E-state index in [0.29, 0.717) is 0 Å². The summed E-state index contributed by atoms with van der Waals surface area (Å²) in [5.41, 5.74) is 0. The van der Waals surface area contributed by atoms with Gasteiger partial charge in [0.1, 0.15) is 0 Å². The quantitative estimate of drug-likeness (QED) is 0.635. The third kappa shape index (κ3) is 4.28. The first-order chi connectivity index (χ1) is 8.40. The molecule has 0 aromatic carbocycles. The highest BCUT2D eigenvalue weighted by Gasteiger charge is 2.32. The molecule has 0 aromatic rings. The minimum absolute atomic E-state index is 0.862. The van der Waals surface area contributed by atoms with Crippen molar-refractivity contribution in [3.8, 4) is 0 Å². The second kappa shape index (κ2) is 7.41. The monoisotopic (exact) mass is 237 g/mol. The number of piperidine rings is 1. The van der Waals surface area contributed by atoms with Crippen LogP contribution in [0.3, 0.4) is 0 Å².